The Morgan fingerprint density at radius 3 is 2.84 bits per heavy atom. The van der Waals surface area contributed by atoms with Gasteiger partial charge >= 0.3 is 0 Å². The van der Waals surface area contributed by atoms with Crippen LogP contribution in [0.1, 0.15) is 5.82 Å². The Balaban J connectivity index is 1.86. The molecule has 0 saturated heterocycles. The number of para-hydroxylation sites is 2. The van der Waals surface area contributed by atoms with Crippen molar-refractivity contribution in [2.75, 3.05) is 5.32 Å². The molecule has 0 aliphatic carbocycles. The van der Waals surface area contributed by atoms with Gasteiger partial charge < -0.3 is 9.88 Å². The molecule has 0 radical (unpaired) electrons. The lowest BCUT2D eigenvalue weighted by atomic mass is 10.3. The van der Waals surface area contributed by atoms with E-state index in [0.29, 0.717) is 11.7 Å². The molecule has 0 saturated carbocycles. The van der Waals surface area contributed by atoms with Crippen molar-refractivity contribution in [2.24, 2.45) is 7.05 Å². The molecule has 5 heteroatoms. The summed E-state index contributed by atoms with van der Waals surface area (Å²) in [6.07, 6.45) is 1.67. The number of hydrogen-bond acceptors (Lipinski definition) is 3. The topological polar surface area (TPSA) is 42.7 Å². The fourth-order valence-electron chi connectivity index (χ4n) is 2.05. The Morgan fingerprint density at radius 2 is 2.05 bits per heavy atom. The second-order valence-electron chi connectivity index (χ2n) is 4.27. The number of anilines is 1. The number of nitrogens with one attached hydrogen (secondary N) is 1. The summed E-state index contributed by atoms with van der Waals surface area (Å²) in [7, 11) is 2.01. The van der Waals surface area contributed by atoms with Crippen molar-refractivity contribution in [1.29, 1.82) is 0 Å². The summed E-state index contributed by atoms with van der Waals surface area (Å²) < 4.78 is 2.08. The summed E-state index contributed by atoms with van der Waals surface area (Å²) in [5.41, 5.74) is 2.94. The Labute approximate surface area is 116 Å². The van der Waals surface area contributed by atoms with Gasteiger partial charge in [-0.15, -0.1) is 0 Å². The second kappa shape index (κ2) is 4.90. The molecule has 0 aliphatic rings. The zero-order valence-electron chi connectivity index (χ0n) is 10.5. The number of halogens is 1. The monoisotopic (exact) mass is 272 g/mol. The summed E-state index contributed by atoms with van der Waals surface area (Å²) in [4.78, 5) is 8.63. The first-order chi connectivity index (χ1) is 9.25. The number of imidazole rings is 1. The summed E-state index contributed by atoms with van der Waals surface area (Å²) in [6, 6.07) is 11.8. The highest BCUT2D eigenvalue weighted by Gasteiger charge is 2.07. The molecule has 3 rings (SSSR count). The van der Waals surface area contributed by atoms with Crippen LogP contribution in [-0.4, -0.2) is 14.5 Å². The van der Waals surface area contributed by atoms with E-state index >= 15 is 0 Å². The van der Waals surface area contributed by atoms with Gasteiger partial charge in [0.25, 0.3) is 0 Å². The van der Waals surface area contributed by atoms with Gasteiger partial charge in [0.1, 0.15) is 5.82 Å². The molecule has 2 heterocycles. The van der Waals surface area contributed by atoms with Crippen molar-refractivity contribution in [3.63, 3.8) is 0 Å². The molecule has 1 N–H and O–H groups in total. The third-order valence-electron chi connectivity index (χ3n) is 3.08. The van der Waals surface area contributed by atoms with Crippen molar-refractivity contribution >= 4 is 28.3 Å². The van der Waals surface area contributed by atoms with Crippen LogP contribution in [0.3, 0.4) is 0 Å². The van der Waals surface area contributed by atoms with E-state index in [9.17, 15) is 0 Å². The molecule has 0 aliphatic heterocycles. The fourth-order valence-corrected chi connectivity index (χ4v) is 2.23. The quantitative estimate of drug-likeness (QED) is 0.745. The van der Waals surface area contributed by atoms with Crippen LogP contribution in [0.2, 0.25) is 5.15 Å². The standard InChI is InChI=1S/C14H13ClN4/c1-19-12-7-3-2-5-10(12)18-13(19)9-17-11-6-4-8-16-14(11)15/h2-8,17H,9H2,1H3. The maximum Gasteiger partial charge on any atom is 0.152 e. The van der Waals surface area contributed by atoms with E-state index in [4.69, 9.17) is 11.6 Å². The van der Waals surface area contributed by atoms with Crippen LogP contribution >= 0.6 is 11.6 Å². The summed E-state index contributed by atoms with van der Waals surface area (Å²) in [5.74, 6) is 0.959. The van der Waals surface area contributed by atoms with Crippen LogP contribution in [0.5, 0.6) is 0 Å². The molecular formula is C14H13ClN4. The average Bonchev–Trinajstić information content (AvgIpc) is 2.75. The van der Waals surface area contributed by atoms with Crippen LogP contribution in [0.25, 0.3) is 11.0 Å². The minimum Gasteiger partial charge on any atom is -0.375 e. The number of aromatic nitrogens is 3. The molecule has 4 nitrogen and oxygen atoms in total. The number of rotatable bonds is 3. The van der Waals surface area contributed by atoms with E-state index < -0.39 is 0 Å². The highest BCUT2D eigenvalue weighted by atomic mass is 35.5. The summed E-state index contributed by atoms with van der Waals surface area (Å²) in [6.45, 7) is 0.608. The van der Waals surface area contributed by atoms with Crippen molar-refractivity contribution in [3.8, 4) is 0 Å². The van der Waals surface area contributed by atoms with Gasteiger partial charge in [-0.3, -0.25) is 0 Å². The fraction of sp³-hybridized carbons (Fsp3) is 0.143. The Bertz CT molecular complexity index is 720. The first kappa shape index (κ1) is 12.0. The molecule has 0 fully saturated rings. The first-order valence-corrected chi connectivity index (χ1v) is 6.38. The first-order valence-electron chi connectivity index (χ1n) is 6.00. The minimum atomic E-state index is 0.473. The molecule has 1 aromatic carbocycles. The number of fused-ring (bicyclic) bond motifs is 1. The summed E-state index contributed by atoms with van der Waals surface area (Å²) in [5, 5.41) is 3.73. The zero-order chi connectivity index (χ0) is 13.2. The Morgan fingerprint density at radius 1 is 1.21 bits per heavy atom. The minimum absolute atomic E-state index is 0.473. The van der Waals surface area contributed by atoms with Gasteiger partial charge in [0.05, 0.1) is 23.3 Å². The smallest absolute Gasteiger partial charge is 0.152 e. The lowest BCUT2D eigenvalue weighted by Crippen LogP contribution is -2.06. The van der Waals surface area contributed by atoms with Gasteiger partial charge in [-0.05, 0) is 24.3 Å². The zero-order valence-corrected chi connectivity index (χ0v) is 11.2. The van der Waals surface area contributed by atoms with E-state index in [1.54, 1.807) is 6.20 Å². The molecule has 0 unspecified atom stereocenters. The molecule has 0 amide bonds. The highest BCUT2D eigenvalue weighted by molar-refractivity contribution is 6.31. The van der Waals surface area contributed by atoms with E-state index in [2.05, 4.69) is 25.9 Å². The van der Waals surface area contributed by atoms with Crippen molar-refractivity contribution in [1.82, 2.24) is 14.5 Å². The van der Waals surface area contributed by atoms with Crippen molar-refractivity contribution in [2.45, 2.75) is 6.54 Å². The molecular weight excluding hydrogens is 260 g/mol. The Kier molecular flexibility index (Phi) is 3.09. The molecule has 0 atom stereocenters. The van der Waals surface area contributed by atoms with Crippen LogP contribution < -0.4 is 5.32 Å². The molecule has 0 spiro atoms. The van der Waals surface area contributed by atoms with E-state index in [0.717, 1.165) is 22.5 Å². The van der Waals surface area contributed by atoms with E-state index in [1.807, 2.05) is 37.4 Å². The molecule has 2 aromatic heterocycles. The van der Waals surface area contributed by atoms with E-state index in [-0.39, 0.29) is 0 Å². The number of hydrogen-bond donors (Lipinski definition) is 1. The van der Waals surface area contributed by atoms with Gasteiger partial charge in [-0.1, -0.05) is 23.7 Å². The maximum absolute atomic E-state index is 6.01. The van der Waals surface area contributed by atoms with Crippen molar-refractivity contribution < 1.29 is 0 Å². The third-order valence-corrected chi connectivity index (χ3v) is 3.38. The van der Waals surface area contributed by atoms with Gasteiger partial charge in [0.15, 0.2) is 5.15 Å². The number of aryl methyl sites for hydroxylation is 1. The molecule has 96 valence electrons. The van der Waals surface area contributed by atoms with Gasteiger partial charge in [0.2, 0.25) is 0 Å². The van der Waals surface area contributed by atoms with Crippen LogP contribution in [0.4, 0.5) is 5.69 Å². The van der Waals surface area contributed by atoms with Crippen molar-refractivity contribution in [3.05, 3.63) is 53.6 Å². The number of benzene rings is 1. The predicted molar refractivity (Wildman–Crippen MR) is 77.3 cm³/mol. The lowest BCUT2D eigenvalue weighted by molar-refractivity contribution is 0.834. The highest BCUT2D eigenvalue weighted by Crippen LogP contribution is 2.19. The molecule has 3 aromatic rings. The average molecular weight is 273 g/mol. The SMILES string of the molecule is Cn1c(CNc2cccnc2Cl)nc2ccccc21. The lowest BCUT2D eigenvalue weighted by Gasteiger charge is -2.07. The van der Waals surface area contributed by atoms with Gasteiger partial charge in [-0.25, -0.2) is 9.97 Å². The Hall–Kier alpha value is -2.07. The second-order valence-corrected chi connectivity index (χ2v) is 4.63. The van der Waals surface area contributed by atoms with Crippen LogP contribution in [-0.2, 0) is 13.6 Å². The van der Waals surface area contributed by atoms with Crippen LogP contribution in [0, 0.1) is 0 Å². The number of nitrogens with zero attached hydrogens (tertiary/aromatic N) is 3. The third kappa shape index (κ3) is 2.27. The normalized spacial score (nSPS) is 10.8. The van der Waals surface area contributed by atoms with Crippen LogP contribution in [0.15, 0.2) is 42.6 Å². The largest absolute Gasteiger partial charge is 0.375 e. The predicted octanol–water partition coefficient (Wildman–Crippen LogP) is 3.23. The van der Waals surface area contributed by atoms with E-state index in [1.165, 1.54) is 0 Å². The number of pyridine rings is 1. The summed E-state index contributed by atoms with van der Waals surface area (Å²) >= 11 is 6.01. The van der Waals surface area contributed by atoms with Gasteiger partial charge in [-0.2, -0.15) is 0 Å². The maximum atomic E-state index is 6.01. The van der Waals surface area contributed by atoms with Gasteiger partial charge in [0, 0.05) is 13.2 Å². The molecule has 0 bridgehead atoms. The molecule has 19 heavy (non-hydrogen) atoms.